The molecule has 1 saturated carbocycles. The first-order valence-corrected chi connectivity index (χ1v) is 10.1. The molecule has 24 heavy (non-hydrogen) atoms. The van der Waals surface area contributed by atoms with Gasteiger partial charge >= 0.3 is 6.03 Å². The van der Waals surface area contributed by atoms with Crippen molar-refractivity contribution in [1.29, 1.82) is 0 Å². The minimum atomic E-state index is -0.0143. The van der Waals surface area contributed by atoms with Gasteiger partial charge in [0.05, 0.1) is 0 Å². The molecule has 1 aromatic heterocycles. The Balaban J connectivity index is 1.33. The first-order chi connectivity index (χ1) is 11.7. The Morgan fingerprint density at radius 2 is 1.96 bits per heavy atom. The van der Waals surface area contributed by atoms with E-state index in [1.54, 1.807) is 11.3 Å². The number of carbonyl (C=O) groups excluding carboxylic acids is 1. The summed E-state index contributed by atoms with van der Waals surface area (Å²) in [5.74, 6) is 0.762. The van der Waals surface area contributed by atoms with Gasteiger partial charge in [-0.3, -0.25) is 10.2 Å². The lowest BCUT2D eigenvalue weighted by Crippen LogP contribution is -2.41. The highest BCUT2D eigenvalue weighted by Gasteiger charge is 2.36. The molecule has 2 aliphatic heterocycles. The third-order valence-corrected chi connectivity index (χ3v) is 6.92. The van der Waals surface area contributed by atoms with Crippen molar-refractivity contribution in [1.82, 2.24) is 20.0 Å². The summed E-state index contributed by atoms with van der Waals surface area (Å²) >= 11 is 1.54. The largest absolute Gasteiger partial charge is 0.323 e. The highest BCUT2D eigenvalue weighted by molar-refractivity contribution is 7.15. The fraction of sp³-hybridized carbons (Fsp3) is 0.824. The maximum absolute atomic E-state index is 12.6. The van der Waals surface area contributed by atoms with Gasteiger partial charge in [-0.25, -0.2) is 4.79 Å². The number of hydrogen-bond acceptors (Lipinski definition) is 5. The summed E-state index contributed by atoms with van der Waals surface area (Å²) in [7, 11) is 2.20. The Morgan fingerprint density at radius 1 is 1.17 bits per heavy atom. The predicted octanol–water partition coefficient (Wildman–Crippen LogP) is 2.97. The van der Waals surface area contributed by atoms with Gasteiger partial charge in [0.2, 0.25) is 5.13 Å². The predicted molar refractivity (Wildman–Crippen MR) is 95.4 cm³/mol. The van der Waals surface area contributed by atoms with Crippen molar-refractivity contribution in [3.63, 3.8) is 0 Å². The number of anilines is 1. The molecule has 4 rings (SSSR count). The van der Waals surface area contributed by atoms with Gasteiger partial charge in [-0.15, -0.1) is 10.2 Å². The number of likely N-dealkylation sites (N-methyl/N-ethyl adjacent to an activating group) is 1. The molecule has 2 atom stereocenters. The van der Waals surface area contributed by atoms with Gasteiger partial charge in [-0.05, 0) is 32.2 Å². The summed E-state index contributed by atoms with van der Waals surface area (Å²) in [4.78, 5) is 17.0. The average molecular weight is 350 g/mol. The molecule has 132 valence electrons. The van der Waals surface area contributed by atoms with Crippen molar-refractivity contribution in [2.75, 3.05) is 25.5 Å². The second kappa shape index (κ2) is 6.96. The topological polar surface area (TPSA) is 61.4 Å². The fourth-order valence-corrected chi connectivity index (χ4v) is 5.36. The minimum Gasteiger partial charge on any atom is -0.323 e. The Bertz CT molecular complexity index is 585. The smallest absolute Gasteiger partial charge is 0.323 e. The van der Waals surface area contributed by atoms with Crippen LogP contribution in [0.25, 0.3) is 0 Å². The zero-order valence-electron chi connectivity index (χ0n) is 14.4. The van der Waals surface area contributed by atoms with Gasteiger partial charge in [0.25, 0.3) is 0 Å². The maximum Gasteiger partial charge on any atom is 0.323 e. The van der Waals surface area contributed by atoms with Crippen LogP contribution in [0.5, 0.6) is 0 Å². The highest BCUT2D eigenvalue weighted by Crippen LogP contribution is 2.30. The zero-order chi connectivity index (χ0) is 16.5. The van der Waals surface area contributed by atoms with Gasteiger partial charge in [0.15, 0.2) is 0 Å². The van der Waals surface area contributed by atoms with E-state index in [1.165, 1.54) is 38.5 Å². The van der Waals surface area contributed by atoms with Crippen molar-refractivity contribution in [2.45, 2.75) is 63.5 Å². The van der Waals surface area contributed by atoms with E-state index >= 15 is 0 Å². The van der Waals surface area contributed by atoms with E-state index in [2.05, 4.69) is 27.5 Å². The summed E-state index contributed by atoms with van der Waals surface area (Å²) in [6.45, 7) is 1.66. The van der Waals surface area contributed by atoms with E-state index in [9.17, 15) is 4.79 Å². The number of aromatic nitrogens is 2. The van der Waals surface area contributed by atoms with E-state index in [4.69, 9.17) is 0 Å². The van der Waals surface area contributed by atoms with E-state index in [0.717, 1.165) is 36.9 Å². The van der Waals surface area contributed by atoms with Crippen molar-refractivity contribution in [3.05, 3.63) is 5.01 Å². The molecule has 3 aliphatic rings. The van der Waals surface area contributed by atoms with Crippen LogP contribution in [-0.2, 0) is 6.42 Å². The molecule has 0 aromatic carbocycles. The first-order valence-electron chi connectivity index (χ1n) is 9.29. The van der Waals surface area contributed by atoms with Crippen LogP contribution < -0.4 is 5.32 Å². The molecule has 0 spiro atoms. The van der Waals surface area contributed by atoms with Crippen LogP contribution in [0, 0.1) is 5.92 Å². The number of nitrogens with zero attached hydrogens (tertiary/aromatic N) is 4. The Hall–Kier alpha value is -1.21. The number of nitrogens with one attached hydrogen (secondary N) is 1. The van der Waals surface area contributed by atoms with Gasteiger partial charge in [-0.2, -0.15) is 0 Å². The number of urea groups is 1. The molecule has 3 heterocycles. The number of likely N-dealkylation sites (tertiary alicyclic amines) is 1. The van der Waals surface area contributed by atoms with Gasteiger partial charge in [0.1, 0.15) is 5.01 Å². The van der Waals surface area contributed by atoms with Crippen LogP contribution >= 0.6 is 11.3 Å². The van der Waals surface area contributed by atoms with Gasteiger partial charge in [0, 0.05) is 31.6 Å². The lowest BCUT2D eigenvalue weighted by Gasteiger charge is -2.25. The van der Waals surface area contributed by atoms with Crippen LogP contribution in [-0.4, -0.2) is 58.2 Å². The fourth-order valence-electron chi connectivity index (χ4n) is 4.51. The summed E-state index contributed by atoms with van der Waals surface area (Å²) in [5, 5.41) is 13.1. The van der Waals surface area contributed by atoms with Crippen LogP contribution in [0.3, 0.4) is 0 Å². The molecule has 2 unspecified atom stereocenters. The number of fused-ring (bicyclic) bond motifs is 2. The number of carbonyl (C=O) groups is 1. The molecular formula is C17H27N5OS. The SMILES string of the molecule is CN1C2CCC1CN(C(=O)Nc1nnc(CC3CCCC3)s1)CC2. The van der Waals surface area contributed by atoms with Crippen LogP contribution in [0.4, 0.5) is 9.93 Å². The Kier molecular flexibility index (Phi) is 4.72. The zero-order valence-corrected chi connectivity index (χ0v) is 15.2. The average Bonchev–Trinajstić information content (AvgIpc) is 3.24. The van der Waals surface area contributed by atoms with Crippen molar-refractivity contribution >= 4 is 22.5 Å². The molecule has 2 amide bonds. The number of hydrogen-bond donors (Lipinski definition) is 1. The van der Waals surface area contributed by atoms with Crippen LogP contribution in [0.1, 0.15) is 50.0 Å². The second-order valence-corrected chi connectivity index (χ2v) is 8.63. The summed E-state index contributed by atoms with van der Waals surface area (Å²) in [6.07, 6.45) is 9.88. The molecule has 7 heteroatoms. The van der Waals surface area contributed by atoms with Gasteiger partial charge in [-0.1, -0.05) is 37.0 Å². The van der Waals surface area contributed by atoms with E-state index < -0.39 is 0 Å². The van der Waals surface area contributed by atoms with Crippen molar-refractivity contribution < 1.29 is 4.79 Å². The number of rotatable bonds is 3. The monoisotopic (exact) mass is 349 g/mol. The standard InChI is InChI=1S/C17H27N5OS/c1-21-13-6-7-14(21)11-22(9-8-13)17(23)18-16-20-19-15(24-16)10-12-4-2-3-5-12/h12-14H,2-11H2,1H3,(H,18,20,23). The highest BCUT2D eigenvalue weighted by atomic mass is 32.1. The first kappa shape index (κ1) is 16.3. The molecule has 2 bridgehead atoms. The lowest BCUT2D eigenvalue weighted by atomic mass is 10.1. The van der Waals surface area contributed by atoms with E-state index in [-0.39, 0.29) is 6.03 Å². The third-order valence-electron chi connectivity index (χ3n) is 6.05. The van der Waals surface area contributed by atoms with Gasteiger partial charge < -0.3 is 4.90 Å². The molecule has 3 fully saturated rings. The molecule has 1 aromatic rings. The maximum atomic E-state index is 12.6. The Morgan fingerprint density at radius 3 is 2.79 bits per heavy atom. The molecule has 6 nitrogen and oxygen atoms in total. The minimum absolute atomic E-state index is 0.0143. The molecular weight excluding hydrogens is 322 g/mol. The summed E-state index contributed by atoms with van der Waals surface area (Å²) in [5.41, 5.74) is 0. The molecule has 2 saturated heterocycles. The molecule has 0 radical (unpaired) electrons. The molecule has 1 aliphatic carbocycles. The third kappa shape index (κ3) is 3.42. The van der Waals surface area contributed by atoms with Crippen LogP contribution in [0.2, 0.25) is 0 Å². The van der Waals surface area contributed by atoms with Crippen molar-refractivity contribution in [2.24, 2.45) is 5.92 Å². The van der Waals surface area contributed by atoms with Crippen LogP contribution in [0.15, 0.2) is 0 Å². The summed E-state index contributed by atoms with van der Waals surface area (Å²) < 4.78 is 0. The number of amides is 2. The van der Waals surface area contributed by atoms with E-state index in [0.29, 0.717) is 17.2 Å². The Labute approximate surface area is 147 Å². The summed E-state index contributed by atoms with van der Waals surface area (Å²) in [6, 6.07) is 1.14. The van der Waals surface area contributed by atoms with Crippen molar-refractivity contribution in [3.8, 4) is 0 Å². The molecule has 1 N–H and O–H groups in total. The lowest BCUT2D eigenvalue weighted by molar-refractivity contribution is 0.200. The normalized spacial score (nSPS) is 28.3. The second-order valence-electron chi connectivity index (χ2n) is 7.57. The quantitative estimate of drug-likeness (QED) is 0.911. The van der Waals surface area contributed by atoms with E-state index in [1.807, 2.05) is 4.90 Å².